The van der Waals surface area contributed by atoms with Crippen LogP contribution in [-0.4, -0.2) is 62.4 Å². The molecule has 1 fully saturated rings. The fraction of sp³-hybridized carbons (Fsp3) is 0.385. The Morgan fingerprint density at radius 2 is 2.07 bits per heavy atom. The van der Waals surface area contributed by atoms with Gasteiger partial charge in [-0.05, 0) is 59.2 Å². The van der Waals surface area contributed by atoms with Gasteiger partial charge < -0.3 is 0 Å². The molecule has 1 aliphatic heterocycles. The number of allylic oxidation sites excluding steroid dienone is 4. The Hall–Kier alpha value is -4.05. The van der Waals surface area contributed by atoms with Crippen molar-refractivity contribution in [3.05, 3.63) is 76.7 Å². The van der Waals surface area contributed by atoms with E-state index >= 15 is 0 Å². The second-order valence-corrected chi connectivity index (χ2v) is 12.6. The van der Waals surface area contributed by atoms with Gasteiger partial charge in [-0.25, -0.2) is 22.4 Å². The van der Waals surface area contributed by atoms with Gasteiger partial charge >= 0.3 is 6.18 Å². The Kier molecular flexibility index (Phi) is 6.53. The van der Waals surface area contributed by atoms with Gasteiger partial charge in [-0.3, -0.25) is 14.5 Å². The first kappa shape index (κ1) is 28.1. The summed E-state index contributed by atoms with van der Waals surface area (Å²) in [5, 5.41) is 15.2. The van der Waals surface area contributed by atoms with E-state index in [1.54, 1.807) is 23.0 Å². The molecule has 0 amide bonds. The van der Waals surface area contributed by atoms with Crippen molar-refractivity contribution in [3.8, 4) is 0 Å². The van der Waals surface area contributed by atoms with Crippen molar-refractivity contribution in [1.82, 2.24) is 39.3 Å². The van der Waals surface area contributed by atoms with Gasteiger partial charge in [-0.15, -0.1) is 0 Å². The highest BCUT2D eigenvalue weighted by Crippen LogP contribution is 2.48. The third-order valence-electron chi connectivity index (χ3n) is 8.05. The number of rotatable bonds is 5. The molecule has 2 aliphatic carbocycles. The Bertz CT molecular complexity index is 1790. The van der Waals surface area contributed by atoms with Crippen molar-refractivity contribution in [2.75, 3.05) is 13.1 Å². The summed E-state index contributed by atoms with van der Waals surface area (Å²) in [6.07, 6.45) is 4.38. The van der Waals surface area contributed by atoms with Gasteiger partial charge in [-0.1, -0.05) is 23.7 Å². The number of aryl methyl sites for hydroxylation is 1. The van der Waals surface area contributed by atoms with Gasteiger partial charge in [0.2, 0.25) is 0 Å². The second kappa shape index (κ2) is 9.76. The fourth-order valence-electron chi connectivity index (χ4n) is 5.92. The van der Waals surface area contributed by atoms with E-state index in [4.69, 9.17) is 4.78 Å². The average Bonchev–Trinajstić information content (AvgIpc) is 3.56. The molecule has 0 bridgehead atoms. The number of Topliss-reactive ketones (excluding diaryl/α,β-unsaturated/α-hetero) is 1. The molecule has 1 N–H and O–H groups in total. The lowest BCUT2D eigenvalue weighted by Crippen LogP contribution is -2.53. The number of halogens is 4. The number of aromatic nitrogens is 7. The SMILES string of the molecule is CC1C=C(F)C=CC1n1ncc2c1C=C1CCN(S(=N)(=O)c3nnnn3C)C[C@@]1(C(=O)c1cc(C(F)(F)F)ccn1)C2. The van der Waals surface area contributed by atoms with Crippen LogP contribution in [0.3, 0.4) is 0 Å². The zero-order chi connectivity index (χ0) is 30.0. The standard InChI is InChI=1S/C26H25F4N9O2S/c1-15-9-19(27)3-4-21(15)39-22-11-17-6-8-38(42(31,41)24-34-35-36-37(24)2)14-25(17,12-16(22)13-33-39)23(40)20-10-18(5-7-32-20)26(28,29)30/h3-5,7,9-11,13,15,21,31H,6,8,12,14H2,1-2H3/t15?,21?,25-,42?/m0/s1. The van der Waals surface area contributed by atoms with Crippen molar-refractivity contribution in [2.24, 2.45) is 18.4 Å². The molecular formula is C26H25F4N9O2S. The quantitative estimate of drug-likeness (QED) is 0.345. The van der Waals surface area contributed by atoms with Crippen LogP contribution < -0.4 is 0 Å². The first-order valence-corrected chi connectivity index (χ1v) is 14.5. The smallest absolute Gasteiger partial charge is 0.291 e. The molecule has 0 radical (unpaired) electrons. The summed E-state index contributed by atoms with van der Waals surface area (Å²) in [6, 6.07) is 1.20. The maximum absolute atomic E-state index is 14.3. The number of carbonyl (C=O) groups excluding carboxylic acids is 1. The summed E-state index contributed by atoms with van der Waals surface area (Å²) in [5.74, 6) is -1.25. The molecule has 16 heteroatoms. The van der Waals surface area contributed by atoms with E-state index in [1.807, 2.05) is 6.92 Å². The van der Waals surface area contributed by atoms with Crippen LogP contribution in [0.1, 0.15) is 46.7 Å². The van der Waals surface area contributed by atoms with Gasteiger partial charge in [0.05, 0.1) is 28.9 Å². The molecule has 0 spiro atoms. The molecule has 3 aromatic heterocycles. The topological polar surface area (TPSA) is 136 Å². The van der Waals surface area contributed by atoms with Crippen molar-refractivity contribution in [1.29, 1.82) is 4.78 Å². The normalized spacial score (nSPS) is 25.7. The predicted molar refractivity (Wildman–Crippen MR) is 141 cm³/mol. The number of alkyl halides is 3. The molecule has 220 valence electrons. The lowest BCUT2D eigenvalue weighted by atomic mass is 9.65. The highest BCUT2D eigenvalue weighted by atomic mass is 32.2. The minimum Gasteiger partial charge on any atom is -0.291 e. The summed E-state index contributed by atoms with van der Waals surface area (Å²) in [5.41, 5.74) is -0.986. The molecule has 3 aliphatic rings. The molecule has 11 nitrogen and oxygen atoms in total. The number of hydrogen-bond acceptors (Lipinski definition) is 8. The Labute approximate surface area is 237 Å². The number of piperidine rings is 1. The summed E-state index contributed by atoms with van der Waals surface area (Å²) in [7, 11) is -2.34. The number of hydrogen-bond donors (Lipinski definition) is 1. The number of tetrazole rings is 1. The summed E-state index contributed by atoms with van der Waals surface area (Å²) < 4.78 is 81.2. The maximum Gasteiger partial charge on any atom is 0.416 e. The van der Waals surface area contributed by atoms with E-state index in [2.05, 4.69) is 25.6 Å². The monoisotopic (exact) mass is 603 g/mol. The fourth-order valence-corrected chi connectivity index (χ4v) is 7.44. The van der Waals surface area contributed by atoms with Gasteiger partial charge in [0, 0.05) is 32.3 Å². The Balaban J connectivity index is 1.46. The Morgan fingerprint density at radius 3 is 2.76 bits per heavy atom. The van der Waals surface area contributed by atoms with Crippen LogP contribution in [-0.2, 0) is 29.6 Å². The minimum atomic E-state index is -4.69. The summed E-state index contributed by atoms with van der Waals surface area (Å²) >= 11 is 0. The molecule has 4 heterocycles. The van der Waals surface area contributed by atoms with E-state index in [0.29, 0.717) is 22.9 Å². The largest absolute Gasteiger partial charge is 0.416 e. The van der Waals surface area contributed by atoms with Crippen LogP contribution in [0.25, 0.3) is 6.08 Å². The van der Waals surface area contributed by atoms with Crippen LogP contribution in [0.5, 0.6) is 0 Å². The van der Waals surface area contributed by atoms with Crippen LogP contribution >= 0.6 is 0 Å². The maximum atomic E-state index is 14.3. The third-order valence-corrected chi connectivity index (χ3v) is 9.93. The molecule has 6 rings (SSSR count). The van der Waals surface area contributed by atoms with E-state index in [9.17, 15) is 26.6 Å². The zero-order valence-electron chi connectivity index (χ0n) is 22.4. The van der Waals surface area contributed by atoms with E-state index in [0.717, 1.165) is 16.9 Å². The van der Waals surface area contributed by atoms with Crippen LogP contribution in [0.2, 0.25) is 0 Å². The first-order chi connectivity index (χ1) is 19.8. The molecule has 4 atom stereocenters. The van der Waals surface area contributed by atoms with Gasteiger partial charge in [-0.2, -0.15) is 18.3 Å². The molecule has 3 aromatic rings. The van der Waals surface area contributed by atoms with Crippen molar-refractivity contribution in [3.63, 3.8) is 0 Å². The number of nitrogens with zero attached hydrogens (tertiary/aromatic N) is 8. The van der Waals surface area contributed by atoms with Crippen LogP contribution in [0.15, 0.2) is 59.3 Å². The zero-order valence-corrected chi connectivity index (χ0v) is 23.2. The highest BCUT2D eigenvalue weighted by molar-refractivity contribution is 7.90. The number of fused-ring (bicyclic) bond motifs is 2. The molecule has 0 saturated carbocycles. The highest BCUT2D eigenvalue weighted by Gasteiger charge is 2.51. The van der Waals surface area contributed by atoms with Crippen LogP contribution in [0, 0.1) is 16.1 Å². The Morgan fingerprint density at radius 1 is 1.29 bits per heavy atom. The molecule has 1 saturated heterocycles. The molecule has 3 unspecified atom stereocenters. The number of ketones is 1. The van der Waals surface area contributed by atoms with Crippen molar-refractivity contribution < 1.29 is 26.6 Å². The van der Waals surface area contributed by atoms with E-state index in [1.165, 1.54) is 23.5 Å². The second-order valence-electron chi connectivity index (χ2n) is 10.7. The van der Waals surface area contributed by atoms with E-state index < -0.39 is 38.5 Å². The minimum absolute atomic E-state index is 0.0169. The predicted octanol–water partition coefficient (Wildman–Crippen LogP) is 3.96. The number of carbonyl (C=O) groups is 1. The molecular weight excluding hydrogens is 578 g/mol. The van der Waals surface area contributed by atoms with E-state index in [-0.39, 0.29) is 48.9 Å². The third kappa shape index (κ3) is 4.48. The van der Waals surface area contributed by atoms with Crippen LogP contribution in [0.4, 0.5) is 17.6 Å². The van der Waals surface area contributed by atoms with Crippen molar-refractivity contribution >= 4 is 21.8 Å². The summed E-state index contributed by atoms with van der Waals surface area (Å²) in [6.45, 7) is 1.71. The molecule has 0 aromatic carbocycles. The lowest BCUT2D eigenvalue weighted by Gasteiger charge is -2.45. The number of pyridine rings is 1. The first-order valence-electron chi connectivity index (χ1n) is 13.0. The average molecular weight is 604 g/mol. The molecule has 42 heavy (non-hydrogen) atoms. The lowest BCUT2D eigenvalue weighted by molar-refractivity contribution is -0.137. The van der Waals surface area contributed by atoms with Gasteiger partial charge in [0.15, 0.2) is 15.7 Å². The number of nitrogens with one attached hydrogen (secondary N) is 1. The summed E-state index contributed by atoms with van der Waals surface area (Å²) in [4.78, 5) is 18.3. The van der Waals surface area contributed by atoms with Crippen molar-refractivity contribution in [2.45, 2.75) is 37.1 Å². The van der Waals surface area contributed by atoms with Gasteiger partial charge in [0.1, 0.15) is 11.5 Å². The van der Waals surface area contributed by atoms with Gasteiger partial charge in [0.25, 0.3) is 5.16 Å².